The first-order chi connectivity index (χ1) is 13.6. The number of halogens is 1. The van der Waals surface area contributed by atoms with Crippen LogP contribution in [-0.4, -0.2) is 15.1 Å². The highest BCUT2D eigenvalue weighted by atomic mass is 35.5. The van der Waals surface area contributed by atoms with Gasteiger partial charge in [0, 0.05) is 29.3 Å². The van der Waals surface area contributed by atoms with Gasteiger partial charge in [-0.25, -0.2) is 9.97 Å². The molecule has 0 atom stereocenters. The van der Waals surface area contributed by atoms with Gasteiger partial charge in [0.05, 0.1) is 15.8 Å². The van der Waals surface area contributed by atoms with Gasteiger partial charge < -0.3 is 16.2 Å². The van der Waals surface area contributed by atoms with Crippen molar-refractivity contribution in [1.82, 2.24) is 25.9 Å². The van der Waals surface area contributed by atoms with Gasteiger partial charge in [-0.2, -0.15) is 0 Å². The number of benzene rings is 1. The first-order valence-corrected chi connectivity index (χ1v) is 10.3. The summed E-state index contributed by atoms with van der Waals surface area (Å²) in [4.78, 5) is 10.4. The number of hydrazine groups is 2. The zero-order valence-electron chi connectivity index (χ0n) is 15.7. The predicted molar refractivity (Wildman–Crippen MR) is 115 cm³/mol. The molecule has 0 saturated carbocycles. The fourth-order valence-electron chi connectivity index (χ4n) is 3.06. The Labute approximate surface area is 173 Å². The number of anilines is 2. The lowest BCUT2D eigenvalue weighted by atomic mass is 10.1. The van der Waals surface area contributed by atoms with Crippen molar-refractivity contribution in [3.63, 3.8) is 0 Å². The predicted octanol–water partition coefficient (Wildman–Crippen LogP) is 4.77. The van der Waals surface area contributed by atoms with Gasteiger partial charge in [-0.1, -0.05) is 30.7 Å². The highest BCUT2D eigenvalue weighted by Crippen LogP contribution is 2.31. The van der Waals surface area contributed by atoms with Gasteiger partial charge in [0.1, 0.15) is 5.82 Å². The van der Waals surface area contributed by atoms with Crippen LogP contribution in [0.4, 0.5) is 11.5 Å². The van der Waals surface area contributed by atoms with Crippen LogP contribution in [0.25, 0.3) is 10.7 Å². The molecule has 3 heterocycles. The van der Waals surface area contributed by atoms with E-state index in [1.165, 1.54) is 16.9 Å². The Morgan fingerprint density at radius 2 is 1.82 bits per heavy atom. The Balaban J connectivity index is 1.56. The van der Waals surface area contributed by atoms with Gasteiger partial charge in [-0.05, 0) is 43.2 Å². The molecule has 0 bridgehead atoms. The van der Waals surface area contributed by atoms with Crippen LogP contribution < -0.4 is 16.2 Å². The Morgan fingerprint density at radius 3 is 2.46 bits per heavy atom. The summed E-state index contributed by atoms with van der Waals surface area (Å²) in [7, 11) is 0. The topological polar surface area (TPSA) is 65.1 Å². The zero-order valence-corrected chi connectivity index (χ0v) is 17.2. The summed E-state index contributed by atoms with van der Waals surface area (Å²) < 4.78 is 0.734. The van der Waals surface area contributed by atoms with E-state index < -0.39 is 0 Å². The van der Waals surface area contributed by atoms with Crippen LogP contribution in [0.1, 0.15) is 23.7 Å². The van der Waals surface area contributed by atoms with Crippen LogP contribution in [-0.2, 0) is 13.0 Å². The number of thiophene rings is 1. The first-order valence-electron chi connectivity index (χ1n) is 9.06. The molecule has 2 aromatic heterocycles. The minimum Gasteiger partial charge on any atom is -0.340 e. The third-order valence-corrected chi connectivity index (χ3v) is 5.69. The molecule has 1 aliphatic rings. The second kappa shape index (κ2) is 8.18. The molecule has 0 fully saturated rings. The molecule has 0 amide bonds. The molecule has 0 aliphatic carbocycles. The minimum atomic E-state index is 0.699. The smallest absolute Gasteiger partial charge is 0.171 e. The van der Waals surface area contributed by atoms with Crippen molar-refractivity contribution in [3.8, 4) is 10.7 Å². The number of nitrogens with one attached hydrogen (secondary N) is 3. The number of rotatable bonds is 6. The quantitative estimate of drug-likeness (QED) is 0.542. The molecular formula is C20H21ClN6S. The lowest BCUT2D eigenvalue weighted by Crippen LogP contribution is -2.36. The fourth-order valence-corrected chi connectivity index (χ4v) is 4.04. The molecular weight excluding hydrogens is 392 g/mol. The Morgan fingerprint density at radius 1 is 1.07 bits per heavy atom. The number of nitrogens with zero attached hydrogens (tertiary/aromatic N) is 3. The van der Waals surface area contributed by atoms with E-state index in [-0.39, 0.29) is 0 Å². The van der Waals surface area contributed by atoms with E-state index in [1.807, 2.05) is 36.6 Å². The Kier molecular flexibility index (Phi) is 5.47. The van der Waals surface area contributed by atoms with E-state index >= 15 is 0 Å². The standard InChI is InChI=1S/C20H21ClN6S/c1-3-16-13(2)24-20(17-8-9-18(21)28-17)26-19(16)25-15-6-4-14(5-7-15)12-27-22-10-11-23-27/h4-11,22-23H,3,12H2,1-2H3,(H,24,25,26). The molecule has 4 rings (SSSR count). The molecule has 1 aliphatic heterocycles. The SMILES string of the molecule is CCc1c(C)nc(-c2ccc(Cl)s2)nc1Nc1ccc(CN2NC=CN2)cc1. The Bertz CT molecular complexity index is 990. The first kappa shape index (κ1) is 18.7. The summed E-state index contributed by atoms with van der Waals surface area (Å²) >= 11 is 7.57. The van der Waals surface area contributed by atoms with Crippen molar-refractivity contribution < 1.29 is 0 Å². The Hall–Kier alpha value is -2.61. The number of aryl methyl sites for hydroxylation is 1. The summed E-state index contributed by atoms with van der Waals surface area (Å²) in [6, 6.07) is 12.2. The average Bonchev–Trinajstić information content (AvgIpc) is 3.35. The van der Waals surface area contributed by atoms with Gasteiger partial charge in [0.2, 0.25) is 0 Å². The van der Waals surface area contributed by atoms with Crippen LogP contribution >= 0.6 is 22.9 Å². The van der Waals surface area contributed by atoms with Crippen molar-refractivity contribution in [2.75, 3.05) is 5.32 Å². The molecule has 0 saturated heterocycles. The number of hydrogen-bond acceptors (Lipinski definition) is 7. The van der Waals surface area contributed by atoms with Gasteiger partial charge in [-0.15, -0.1) is 16.5 Å². The molecule has 8 heteroatoms. The zero-order chi connectivity index (χ0) is 19.5. The van der Waals surface area contributed by atoms with E-state index in [9.17, 15) is 0 Å². The monoisotopic (exact) mass is 412 g/mol. The summed E-state index contributed by atoms with van der Waals surface area (Å²) in [6.07, 6.45) is 4.58. The van der Waals surface area contributed by atoms with E-state index in [0.29, 0.717) is 5.82 Å². The summed E-state index contributed by atoms with van der Waals surface area (Å²) in [5.74, 6) is 1.54. The molecule has 3 N–H and O–H groups in total. The maximum Gasteiger partial charge on any atom is 0.171 e. The summed E-state index contributed by atoms with van der Waals surface area (Å²) in [5, 5.41) is 5.37. The maximum absolute atomic E-state index is 6.08. The summed E-state index contributed by atoms with van der Waals surface area (Å²) in [6.45, 7) is 4.90. The van der Waals surface area contributed by atoms with Crippen molar-refractivity contribution in [2.24, 2.45) is 0 Å². The maximum atomic E-state index is 6.08. The van der Waals surface area contributed by atoms with E-state index in [2.05, 4.69) is 52.3 Å². The second-order valence-electron chi connectivity index (χ2n) is 6.42. The second-order valence-corrected chi connectivity index (χ2v) is 8.13. The van der Waals surface area contributed by atoms with Crippen LogP contribution in [0, 0.1) is 6.92 Å². The largest absolute Gasteiger partial charge is 0.340 e. The van der Waals surface area contributed by atoms with Crippen molar-refractivity contribution >= 4 is 34.4 Å². The van der Waals surface area contributed by atoms with Crippen molar-refractivity contribution in [2.45, 2.75) is 26.8 Å². The lowest BCUT2D eigenvalue weighted by molar-refractivity contribution is 0.182. The van der Waals surface area contributed by atoms with E-state index in [1.54, 1.807) is 0 Å². The van der Waals surface area contributed by atoms with Gasteiger partial charge in [-0.3, -0.25) is 0 Å². The number of hydrogen-bond donors (Lipinski definition) is 3. The van der Waals surface area contributed by atoms with E-state index in [0.717, 1.165) is 44.9 Å². The third-order valence-electron chi connectivity index (χ3n) is 4.46. The van der Waals surface area contributed by atoms with Crippen LogP contribution in [0.15, 0.2) is 48.8 Å². The van der Waals surface area contributed by atoms with Crippen LogP contribution in [0.5, 0.6) is 0 Å². The van der Waals surface area contributed by atoms with Gasteiger partial charge in [0.15, 0.2) is 5.82 Å². The molecule has 0 radical (unpaired) electrons. The normalized spacial score (nSPS) is 13.4. The minimum absolute atomic E-state index is 0.699. The fraction of sp³-hybridized carbons (Fsp3) is 0.200. The molecule has 0 unspecified atom stereocenters. The van der Waals surface area contributed by atoms with Gasteiger partial charge in [0.25, 0.3) is 0 Å². The molecule has 1 aromatic carbocycles. The van der Waals surface area contributed by atoms with Crippen molar-refractivity contribution in [1.29, 1.82) is 0 Å². The van der Waals surface area contributed by atoms with E-state index in [4.69, 9.17) is 16.6 Å². The van der Waals surface area contributed by atoms with Gasteiger partial charge >= 0.3 is 0 Å². The third kappa shape index (κ3) is 4.11. The molecule has 6 nitrogen and oxygen atoms in total. The molecule has 144 valence electrons. The lowest BCUT2D eigenvalue weighted by Gasteiger charge is -2.17. The van der Waals surface area contributed by atoms with Crippen LogP contribution in [0.3, 0.4) is 0 Å². The highest BCUT2D eigenvalue weighted by molar-refractivity contribution is 7.19. The average molecular weight is 413 g/mol. The van der Waals surface area contributed by atoms with Crippen LogP contribution in [0.2, 0.25) is 4.34 Å². The highest BCUT2D eigenvalue weighted by Gasteiger charge is 2.14. The molecule has 3 aromatic rings. The number of aromatic nitrogens is 2. The van der Waals surface area contributed by atoms with Crippen molar-refractivity contribution in [3.05, 3.63) is 70.0 Å². The molecule has 0 spiro atoms. The summed E-state index contributed by atoms with van der Waals surface area (Å²) in [5.41, 5.74) is 10.5. The molecule has 28 heavy (non-hydrogen) atoms.